The molecule has 0 amide bonds. The Kier molecular flexibility index (Phi) is 2.96. The van der Waals surface area contributed by atoms with Crippen molar-refractivity contribution in [2.45, 2.75) is 13.1 Å². The third-order valence-electron chi connectivity index (χ3n) is 2.07. The van der Waals surface area contributed by atoms with Crippen molar-refractivity contribution < 1.29 is 23.2 Å². The number of rotatable bonds is 1. The van der Waals surface area contributed by atoms with Crippen molar-refractivity contribution in [3.8, 4) is 0 Å². The highest BCUT2D eigenvalue weighted by Gasteiger charge is 2.34. The molecular weight excluding hydrogens is 210 g/mol. The van der Waals surface area contributed by atoms with E-state index in [0.717, 1.165) is 6.07 Å². The highest BCUT2D eigenvalue weighted by molar-refractivity contribution is 6.58. The Morgan fingerprint density at radius 2 is 1.80 bits per heavy atom. The molecule has 0 aromatic heterocycles. The third kappa shape index (κ3) is 2.43. The van der Waals surface area contributed by atoms with Gasteiger partial charge in [-0.2, -0.15) is 13.2 Å². The molecule has 0 bridgehead atoms. The molecule has 0 spiro atoms. The van der Waals surface area contributed by atoms with Gasteiger partial charge in [-0.1, -0.05) is 0 Å². The summed E-state index contributed by atoms with van der Waals surface area (Å²) in [6.45, 7) is 1.23. The highest BCUT2D eigenvalue weighted by atomic mass is 19.4. The monoisotopic (exact) mass is 219 g/mol. The number of nitrogen functional groups attached to an aromatic ring is 1. The molecule has 1 aromatic rings. The molecule has 0 saturated carbocycles. The van der Waals surface area contributed by atoms with E-state index >= 15 is 0 Å². The summed E-state index contributed by atoms with van der Waals surface area (Å²) < 4.78 is 37.4. The first-order valence-electron chi connectivity index (χ1n) is 4.07. The highest BCUT2D eigenvalue weighted by Crippen LogP contribution is 2.33. The molecule has 0 unspecified atom stereocenters. The molecule has 0 saturated heterocycles. The van der Waals surface area contributed by atoms with E-state index in [0.29, 0.717) is 6.07 Å². The molecule has 1 aromatic carbocycles. The minimum atomic E-state index is -4.55. The lowest BCUT2D eigenvalue weighted by molar-refractivity contribution is -0.137. The molecule has 0 atom stereocenters. The molecule has 15 heavy (non-hydrogen) atoms. The lowest BCUT2D eigenvalue weighted by atomic mass is 9.78. The van der Waals surface area contributed by atoms with Crippen LogP contribution < -0.4 is 11.2 Å². The molecule has 7 heteroatoms. The van der Waals surface area contributed by atoms with E-state index in [4.69, 9.17) is 15.8 Å². The molecular formula is C8H9BF3NO2. The number of anilines is 1. The van der Waals surface area contributed by atoms with Crippen molar-refractivity contribution in [3.63, 3.8) is 0 Å². The average Bonchev–Trinajstić information content (AvgIpc) is 2.06. The van der Waals surface area contributed by atoms with Gasteiger partial charge in [0.1, 0.15) is 0 Å². The predicted molar refractivity (Wildman–Crippen MR) is 50.4 cm³/mol. The van der Waals surface area contributed by atoms with Crippen molar-refractivity contribution in [1.82, 2.24) is 0 Å². The fourth-order valence-electron chi connectivity index (χ4n) is 1.20. The maximum absolute atomic E-state index is 12.5. The molecule has 82 valence electrons. The van der Waals surface area contributed by atoms with Gasteiger partial charge in [0.05, 0.1) is 5.56 Å². The van der Waals surface area contributed by atoms with Crippen LogP contribution in [0.5, 0.6) is 0 Å². The predicted octanol–water partition coefficient (Wildman–Crippen LogP) is 0.276. The van der Waals surface area contributed by atoms with Gasteiger partial charge < -0.3 is 15.8 Å². The van der Waals surface area contributed by atoms with Crippen LogP contribution >= 0.6 is 0 Å². The maximum Gasteiger partial charge on any atom is 0.488 e. The van der Waals surface area contributed by atoms with Gasteiger partial charge in [-0.15, -0.1) is 0 Å². The Morgan fingerprint density at radius 3 is 2.20 bits per heavy atom. The van der Waals surface area contributed by atoms with Gasteiger partial charge >= 0.3 is 13.3 Å². The normalized spacial score (nSPS) is 11.6. The summed E-state index contributed by atoms with van der Waals surface area (Å²) in [4.78, 5) is 0. The largest absolute Gasteiger partial charge is 0.488 e. The van der Waals surface area contributed by atoms with Crippen LogP contribution in [0.3, 0.4) is 0 Å². The lowest BCUT2D eigenvalue weighted by Crippen LogP contribution is -2.31. The Bertz CT molecular complexity index is 379. The van der Waals surface area contributed by atoms with Crippen LogP contribution in [0.15, 0.2) is 12.1 Å². The smallest absolute Gasteiger partial charge is 0.423 e. The number of alkyl halides is 3. The van der Waals surface area contributed by atoms with Crippen molar-refractivity contribution in [1.29, 1.82) is 0 Å². The Labute approximate surface area is 84.5 Å². The standard InChI is InChI=1S/C8H9BF3NO2/c1-4-6(8(10,11)12)2-5(9(14)15)3-7(4)13/h2-3,14-15H,13H2,1H3. The summed E-state index contributed by atoms with van der Waals surface area (Å²) in [6, 6.07) is 1.78. The first-order valence-corrected chi connectivity index (χ1v) is 4.07. The van der Waals surface area contributed by atoms with Crippen molar-refractivity contribution in [3.05, 3.63) is 23.3 Å². The van der Waals surface area contributed by atoms with Crippen LogP contribution in [0.2, 0.25) is 0 Å². The van der Waals surface area contributed by atoms with Crippen molar-refractivity contribution in [2.24, 2.45) is 0 Å². The van der Waals surface area contributed by atoms with Crippen molar-refractivity contribution in [2.75, 3.05) is 5.73 Å². The average molecular weight is 219 g/mol. The molecule has 0 aliphatic carbocycles. The summed E-state index contributed by atoms with van der Waals surface area (Å²) in [5.74, 6) is 0. The molecule has 4 N–H and O–H groups in total. The fourth-order valence-corrected chi connectivity index (χ4v) is 1.20. The van der Waals surface area contributed by atoms with Gasteiger partial charge in [0.2, 0.25) is 0 Å². The molecule has 0 heterocycles. The summed E-state index contributed by atoms with van der Waals surface area (Å²) >= 11 is 0. The van der Waals surface area contributed by atoms with Crippen LogP contribution in [0.1, 0.15) is 11.1 Å². The number of hydrogen-bond donors (Lipinski definition) is 3. The second-order valence-electron chi connectivity index (χ2n) is 3.15. The molecule has 0 aliphatic heterocycles. The molecule has 0 fully saturated rings. The summed E-state index contributed by atoms with van der Waals surface area (Å²) in [6.07, 6.45) is -4.55. The van der Waals surface area contributed by atoms with Gasteiger partial charge in [-0.25, -0.2) is 0 Å². The van der Waals surface area contributed by atoms with Crippen LogP contribution in [0.4, 0.5) is 18.9 Å². The van der Waals surface area contributed by atoms with E-state index in [1.165, 1.54) is 6.92 Å². The zero-order valence-electron chi connectivity index (χ0n) is 7.84. The summed E-state index contributed by atoms with van der Waals surface area (Å²) in [5, 5.41) is 17.5. The van der Waals surface area contributed by atoms with Crippen LogP contribution in [-0.2, 0) is 6.18 Å². The maximum atomic E-state index is 12.5. The van der Waals surface area contributed by atoms with Crippen LogP contribution in [0, 0.1) is 6.92 Å². The molecule has 1 rings (SSSR count). The topological polar surface area (TPSA) is 66.5 Å². The second kappa shape index (κ2) is 3.75. The van der Waals surface area contributed by atoms with Gasteiger partial charge in [-0.3, -0.25) is 0 Å². The zero-order chi connectivity index (χ0) is 11.8. The van der Waals surface area contributed by atoms with E-state index in [1.807, 2.05) is 0 Å². The quantitative estimate of drug-likeness (QED) is 0.469. The first-order chi connectivity index (χ1) is 6.73. The number of nitrogens with two attached hydrogens (primary N) is 1. The summed E-state index contributed by atoms with van der Waals surface area (Å²) in [7, 11) is -1.96. The fraction of sp³-hybridized carbons (Fsp3) is 0.250. The Hall–Kier alpha value is -1.21. The van der Waals surface area contributed by atoms with Crippen molar-refractivity contribution >= 4 is 18.3 Å². The van der Waals surface area contributed by atoms with Gasteiger partial charge in [0.15, 0.2) is 0 Å². The van der Waals surface area contributed by atoms with E-state index < -0.39 is 18.9 Å². The van der Waals surface area contributed by atoms with Gasteiger partial charge in [0.25, 0.3) is 0 Å². The van der Waals surface area contributed by atoms with E-state index in [2.05, 4.69) is 0 Å². The first kappa shape index (κ1) is 11.9. The van der Waals surface area contributed by atoms with E-state index in [9.17, 15) is 13.2 Å². The van der Waals surface area contributed by atoms with Crippen LogP contribution in [-0.4, -0.2) is 17.2 Å². The molecule has 0 radical (unpaired) electrons. The van der Waals surface area contributed by atoms with Gasteiger partial charge in [-0.05, 0) is 30.1 Å². The Morgan fingerprint density at radius 1 is 1.27 bits per heavy atom. The second-order valence-corrected chi connectivity index (χ2v) is 3.15. The number of hydrogen-bond acceptors (Lipinski definition) is 3. The van der Waals surface area contributed by atoms with E-state index in [1.54, 1.807) is 0 Å². The van der Waals surface area contributed by atoms with E-state index in [-0.39, 0.29) is 16.7 Å². The van der Waals surface area contributed by atoms with Crippen LogP contribution in [0.25, 0.3) is 0 Å². The molecule has 0 aliphatic rings. The molecule has 3 nitrogen and oxygen atoms in total. The zero-order valence-corrected chi connectivity index (χ0v) is 7.84. The minimum absolute atomic E-state index is 0.118. The van der Waals surface area contributed by atoms with Gasteiger partial charge in [0, 0.05) is 5.69 Å². The third-order valence-corrected chi connectivity index (χ3v) is 2.07. The minimum Gasteiger partial charge on any atom is -0.423 e. The number of benzene rings is 1. The lowest BCUT2D eigenvalue weighted by Gasteiger charge is -2.14. The number of halogens is 3. The Balaban J connectivity index is 3.38. The SMILES string of the molecule is Cc1c(N)cc(B(O)O)cc1C(F)(F)F. The summed E-state index contributed by atoms with van der Waals surface area (Å²) in [5.41, 5.74) is 3.87.